The van der Waals surface area contributed by atoms with Crippen molar-refractivity contribution in [3.8, 4) is 0 Å². The number of carbonyl (C=O) groups excluding carboxylic acids is 1. The second-order valence-electron chi connectivity index (χ2n) is 2.27. The van der Waals surface area contributed by atoms with E-state index in [-0.39, 0.29) is 0 Å². The predicted octanol–water partition coefficient (Wildman–Crippen LogP) is -0.998. The third-order valence-electron chi connectivity index (χ3n) is 1.21. The van der Waals surface area contributed by atoms with E-state index < -0.39 is 29.0 Å². The number of aliphatic hydroxyl groups is 1. The summed E-state index contributed by atoms with van der Waals surface area (Å²) in [5.74, 6) is -0.730. The van der Waals surface area contributed by atoms with Crippen LogP contribution in [0.2, 0.25) is 0 Å². The smallest absolute Gasteiger partial charge is 0.390 e. The van der Waals surface area contributed by atoms with Gasteiger partial charge in [0.25, 0.3) is 0 Å². The monoisotopic (exact) mass is 198 g/mol. The van der Waals surface area contributed by atoms with Crippen molar-refractivity contribution in [2.24, 2.45) is 5.92 Å². The van der Waals surface area contributed by atoms with Gasteiger partial charge in [-0.2, -0.15) is 8.42 Å². The second-order valence-corrected chi connectivity index (χ2v) is 3.37. The lowest BCUT2D eigenvalue weighted by Gasteiger charge is -2.11. The number of carbonyl (C=O) groups is 1. The largest absolute Gasteiger partial charge is 0.397 e. The van der Waals surface area contributed by atoms with Crippen LogP contribution < -0.4 is 0 Å². The zero-order chi connectivity index (χ0) is 9.78. The molecule has 7 heteroatoms. The molecule has 0 saturated carbocycles. The summed E-state index contributed by atoms with van der Waals surface area (Å²) < 4.78 is 31.9. The molecular weight excluding hydrogens is 188 g/mol. The Morgan fingerprint density at radius 2 is 2.08 bits per heavy atom. The van der Waals surface area contributed by atoms with E-state index in [9.17, 15) is 13.2 Å². The Morgan fingerprint density at radius 1 is 1.58 bits per heavy atom. The maximum atomic E-state index is 10.0. The summed E-state index contributed by atoms with van der Waals surface area (Å²) in [5.41, 5.74) is 0. The number of aldehydes is 1. The highest BCUT2D eigenvalue weighted by molar-refractivity contribution is 7.80. The molecule has 2 unspecified atom stereocenters. The van der Waals surface area contributed by atoms with E-state index in [4.69, 9.17) is 9.66 Å². The molecule has 0 heterocycles. The van der Waals surface area contributed by atoms with Gasteiger partial charge in [-0.25, -0.2) is 4.18 Å². The van der Waals surface area contributed by atoms with E-state index in [2.05, 4.69) is 4.18 Å². The fraction of sp³-hybridized carbons (Fsp3) is 0.800. The molecule has 0 radical (unpaired) electrons. The SMILES string of the molecule is CC(C=O)C(O)COS(=O)(=O)O. The summed E-state index contributed by atoms with van der Waals surface area (Å²) in [6.07, 6.45) is -0.776. The second kappa shape index (κ2) is 4.51. The Morgan fingerprint density at radius 3 is 2.42 bits per heavy atom. The van der Waals surface area contributed by atoms with Crippen LogP contribution >= 0.6 is 0 Å². The van der Waals surface area contributed by atoms with Crippen LogP contribution in [-0.4, -0.2) is 37.1 Å². The molecule has 0 spiro atoms. The maximum absolute atomic E-state index is 10.0. The van der Waals surface area contributed by atoms with Gasteiger partial charge in [-0.15, -0.1) is 0 Å². The maximum Gasteiger partial charge on any atom is 0.397 e. The lowest BCUT2D eigenvalue weighted by atomic mass is 10.1. The normalized spacial score (nSPS) is 16.9. The van der Waals surface area contributed by atoms with Gasteiger partial charge >= 0.3 is 10.4 Å². The quantitative estimate of drug-likeness (QED) is 0.434. The van der Waals surface area contributed by atoms with E-state index in [1.165, 1.54) is 6.92 Å². The van der Waals surface area contributed by atoms with Crippen LogP contribution in [0.1, 0.15) is 6.92 Å². The molecule has 0 aromatic carbocycles. The minimum absolute atomic E-state index is 0.456. The number of hydrogen-bond donors (Lipinski definition) is 2. The number of hydrogen-bond acceptors (Lipinski definition) is 5. The summed E-state index contributed by atoms with van der Waals surface area (Å²) in [6, 6.07) is 0. The van der Waals surface area contributed by atoms with E-state index >= 15 is 0 Å². The van der Waals surface area contributed by atoms with Crippen molar-refractivity contribution in [2.45, 2.75) is 13.0 Å². The van der Waals surface area contributed by atoms with Crippen molar-refractivity contribution < 1.29 is 27.1 Å². The van der Waals surface area contributed by atoms with Crippen LogP contribution in [0.15, 0.2) is 0 Å². The number of rotatable bonds is 5. The molecule has 0 aromatic rings. The van der Waals surface area contributed by atoms with Gasteiger partial charge in [0.15, 0.2) is 0 Å². The summed E-state index contributed by atoms with van der Waals surface area (Å²) in [7, 11) is -4.54. The van der Waals surface area contributed by atoms with Crippen LogP contribution in [0, 0.1) is 5.92 Å². The third-order valence-corrected chi connectivity index (χ3v) is 1.64. The highest BCUT2D eigenvalue weighted by Crippen LogP contribution is 2.00. The fourth-order valence-electron chi connectivity index (χ4n) is 0.398. The van der Waals surface area contributed by atoms with Gasteiger partial charge in [0.1, 0.15) is 6.29 Å². The molecule has 12 heavy (non-hydrogen) atoms. The van der Waals surface area contributed by atoms with Crippen molar-refractivity contribution >= 4 is 16.7 Å². The van der Waals surface area contributed by atoms with Gasteiger partial charge in [0, 0.05) is 5.92 Å². The summed E-state index contributed by atoms with van der Waals surface area (Å²) in [5, 5.41) is 8.95. The van der Waals surface area contributed by atoms with Gasteiger partial charge in [-0.3, -0.25) is 4.55 Å². The minimum Gasteiger partial charge on any atom is -0.390 e. The highest BCUT2D eigenvalue weighted by Gasteiger charge is 2.16. The minimum atomic E-state index is -4.54. The molecule has 0 aliphatic rings. The predicted molar refractivity (Wildman–Crippen MR) is 38.7 cm³/mol. The molecule has 0 fully saturated rings. The zero-order valence-electron chi connectivity index (χ0n) is 6.37. The molecule has 0 aromatic heterocycles. The lowest BCUT2D eigenvalue weighted by Crippen LogP contribution is -2.26. The molecule has 2 N–H and O–H groups in total. The molecule has 0 aliphatic carbocycles. The van der Waals surface area contributed by atoms with E-state index in [0.29, 0.717) is 6.29 Å². The van der Waals surface area contributed by atoms with Crippen LogP contribution in [0.25, 0.3) is 0 Å². The van der Waals surface area contributed by atoms with Crippen molar-refractivity contribution in [3.05, 3.63) is 0 Å². The van der Waals surface area contributed by atoms with E-state index in [1.807, 2.05) is 0 Å². The topological polar surface area (TPSA) is 101 Å². The van der Waals surface area contributed by atoms with Crippen molar-refractivity contribution in [1.29, 1.82) is 0 Å². The fourth-order valence-corrected chi connectivity index (χ4v) is 0.710. The van der Waals surface area contributed by atoms with Crippen LogP contribution in [0.5, 0.6) is 0 Å². The zero-order valence-corrected chi connectivity index (χ0v) is 7.19. The summed E-state index contributed by atoms with van der Waals surface area (Å²) in [4.78, 5) is 10.0. The molecular formula is C5H10O6S. The first-order valence-corrected chi connectivity index (χ1v) is 4.48. The first kappa shape index (κ1) is 11.5. The molecule has 0 aliphatic heterocycles. The summed E-state index contributed by atoms with van der Waals surface area (Å²) >= 11 is 0. The molecule has 0 bridgehead atoms. The van der Waals surface area contributed by atoms with Gasteiger partial charge in [-0.05, 0) is 0 Å². The average Bonchev–Trinajstić information content (AvgIpc) is 1.97. The third kappa shape index (κ3) is 5.19. The van der Waals surface area contributed by atoms with Gasteiger partial charge in [0.05, 0.1) is 12.7 Å². The van der Waals surface area contributed by atoms with Gasteiger partial charge in [0.2, 0.25) is 0 Å². The van der Waals surface area contributed by atoms with Crippen molar-refractivity contribution in [3.63, 3.8) is 0 Å². The molecule has 0 amide bonds. The van der Waals surface area contributed by atoms with Crippen LogP contribution in [0.4, 0.5) is 0 Å². The Labute approximate surface area is 70.1 Å². The van der Waals surface area contributed by atoms with Gasteiger partial charge in [-0.1, -0.05) is 6.92 Å². The molecule has 2 atom stereocenters. The Hall–Kier alpha value is -0.500. The van der Waals surface area contributed by atoms with Crippen molar-refractivity contribution in [1.82, 2.24) is 0 Å². The molecule has 0 rings (SSSR count). The Balaban J connectivity index is 3.87. The Bertz CT molecular complexity index is 232. The van der Waals surface area contributed by atoms with Crippen LogP contribution in [-0.2, 0) is 19.4 Å². The van der Waals surface area contributed by atoms with E-state index in [1.54, 1.807) is 0 Å². The molecule has 6 nitrogen and oxygen atoms in total. The van der Waals surface area contributed by atoms with Crippen LogP contribution in [0.3, 0.4) is 0 Å². The summed E-state index contributed by atoms with van der Waals surface area (Å²) in [6.45, 7) is 0.768. The standard InChI is InChI=1S/C5H10O6S/c1-4(2-6)5(7)3-11-12(8,9)10/h2,4-5,7H,3H2,1H3,(H,8,9,10). The number of aliphatic hydroxyl groups excluding tert-OH is 1. The molecule has 72 valence electrons. The Kier molecular flexibility index (Phi) is 4.32. The lowest BCUT2D eigenvalue weighted by molar-refractivity contribution is -0.114. The average molecular weight is 198 g/mol. The first-order chi connectivity index (χ1) is 5.37. The van der Waals surface area contributed by atoms with E-state index in [0.717, 1.165) is 0 Å². The highest BCUT2D eigenvalue weighted by atomic mass is 32.3. The first-order valence-electron chi connectivity index (χ1n) is 3.12. The van der Waals surface area contributed by atoms with Crippen molar-refractivity contribution in [2.75, 3.05) is 6.61 Å². The van der Waals surface area contributed by atoms with Gasteiger partial charge < -0.3 is 9.90 Å². The molecule has 0 saturated heterocycles.